The molecule has 0 saturated heterocycles. The summed E-state index contributed by atoms with van der Waals surface area (Å²) in [5.41, 5.74) is 0.493. The number of hydrogen-bond acceptors (Lipinski definition) is 2. The Kier molecular flexibility index (Phi) is 3.89. The van der Waals surface area contributed by atoms with E-state index in [0.29, 0.717) is 5.82 Å². The van der Waals surface area contributed by atoms with Crippen molar-refractivity contribution in [3.8, 4) is 36.1 Å². The van der Waals surface area contributed by atoms with Gasteiger partial charge >= 0.3 is 5.69 Å². The summed E-state index contributed by atoms with van der Waals surface area (Å²) < 4.78 is 3.50. The molecule has 0 bridgehead atoms. The minimum Gasteiger partial charge on any atom is -0.263 e. The molecule has 0 saturated carbocycles. The van der Waals surface area contributed by atoms with Crippen LogP contribution in [0.1, 0.15) is 0 Å². The number of aromatic nitrogens is 3. The van der Waals surface area contributed by atoms with E-state index in [1.54, 1.807) is 0 Å². The van der Waals surface area contributed by atoms with Crippen LogP contribution in [-0.4, -0.2) is 14.3 Å². The van der Waals surface area contributed by atoms with Crippen molar-refractivity contribution in [3.63, 3.8) is 0 Å². The van der Waals surface area contributed by atoms with E-state index in [1.165, 1.54) is 9.25 Å². The molecule has 0 radical (unpaired) electrons. The second kappa shape index (κ2) is 5.60. The number of benzene rings is 1. The molecule has 1 aromatic carbocycles. The standard InChI is InChI=1S/C14H10BrN3O/c1-3-9-17-13(11-7-5-6-8-12(11)15)16-18(10-4-2)14(17)19/h1-2,5-8H,9-10H2. The van der Waals surface area contributed by atoms with Gasteiger partial charge in [0.1, 0.15) is 6.54 Å². The molecule has 19 heavy (non-hydrogen) atoms. The third-order valence-corrected chi connectivity index (χ3v) is 3.22. The number of nitrogens with zero attached hydrogens (tertiary/aromatic N) is 3. The van der Waals surface area contributed by atoms with Crippen LogP contribution in [0.15, 0.2) is 33.5 Å². The summed E-state index contributed by atoms with van der Waals surface area (Å²) in [6.45, 7) is 0.272. The SMILES string of the molecule is C#CCn1nc(-c2ccccc2Br)n(CC#C)c1=O. The molecular weight excluding hydrogens is 306 g/mol. The molecule has 4 nitrogen and oxygen atoms in total. The van der Waals surface area contributed by atoms with Crippen LogP contribution in [0.25, 0.3) is 11.4 Å². The lowest BCUT2D eigenvalue weighted by atomic mass is 10.2. The van der Waals surface area contributed by atoms with Crippen molar-refractivity contribution in [2.75, 3.05) is 0 Å². The molecular formula is C14H10BrN3O. The third kappa shape index (κ3) is 2.47. The van der Waals surface area contributed by atoms with Crippen molar-refractivity contribution in [3.05, 3.63) is 39.2 Å². The Labute approximate surface area is 119 Å². The summed E-state index contributed by atoms with van der Waals surface area (Å²) in [5.74, 6) is 5.36. The van der Waals surface area contributed by atoms with E-state index in [9.17, 15) is 4.79 Å². The average Bonchev–Trinajstić information content (AvgIpc) is 2.69. The molecule has 0 unspecified atom stereocenters. The Balaban J connectivity index is 2.67. The van der Waals surface area contributed by atoms with Crippen LogP contribution < -0.4 is 5.69 Å². The second-order valence-electron chi connectivity index (χ2n) is 3.74. The molecule has 0 fully saturated rings. The van der Waals surface area contributed by atoms with Gasteiger partial charge in [0.2, 0.25) is 0 Å². The van der Waals surface area contributed by atoms with Crippen molar-refractivity contribution in [2.24, 2.45) is 0 Å². The zero-order valence-corrected chi connectivity index (χ0v) is 11.6. The van der Waals surface area contributed by atoms with Crippen molar-refractivity contribution in [2.45, 2.75) is 13.1 Å². The van der Waals surface area contributed by atoms with Crippen molar-refractivity contribution in [1.82, 2.24) is 14.3 Å². The van der Waals surface area contributed by atoms with E-state index in [4.69, 9.17) is 12.8 Å². The topological polar surface area (TPSA) is 39.8 Å². The molecule has 0 amide bonds. The van der Waals surface area contributed by atoms with Crippen LogP contribution in [0.2, 0.25) is 0 Å². The molecule has 2 rings (SSSR count). The molecule has 0 spiro atoms. The normalized spacial score (nSPS) is 9.84. The van der Waals surface area contributed by atoms with E-state index in [2.05, 4.69) is 32.9 Å². The molecule has 0 N–H and O–H groups in total. The van der Waals surface area contributed by atoms with Crippen LogP contribution in [0, 0.1) is 24.7 Å². The summed E-state index contributed by atoms with van der Waals surface area (Å²) in [5, 5.41) is 4.25. The first-order chi connectivity index (χ1) is 9.19. The Morgan fingerprint density at radius 3 is 2.53 bits per heavy atom. The van der Waals surface area contributed by atoms with E-state index in [0.717, 1.165) is 10.0 Å². The van der Waals surface area contributed by atoms with E-state index < -0.39 is 0 Å². The van der Waals surface area contributed by atoms with Gasteiger partial charge in [0, 0.05) is 10.0 Å². The highest BCUT2D eigenvalue weighted by molar-refractivity contribution is 9.10. The molecule has 5 heteroatoms. The maximum absolute atomic E-state index is 12.1. The lowest BCUT2D eigenvalue weighted by Gasteiger charge is -2.03. The number of rotatable bonds is 3. The summed E-state index contributed by atoms with van der Waals surface area (Å²) in [4.78, 5) is 12.1. The fourth-order valence-corrected chi connectivity index (χ4v) is 2.17. The Morgan fingerprint density at radius 2 is 1.89 bits per heavy atom. The Bertz CT molecular complexity index is 743. The van der Waals surface area contributed by atoms with Gasteiger partial charge in [-0.25, -0.2) is 9.48 Å². The first kappa shape index (κ1) is 13.2. The van der Waals surface area contributed by atoms with E-state index >= 15 is 0 Å². The van der Waals surface area contributed by atoms with Crippen LogP contribution in [0.3, 0.4) is 0 Å². The lowest BCUT2D eigenvalue weighted by molar-refractivity contribution is 0.663. The van der Waals surface area contributed by atoms with Gasteiger partial charge in [-0.15, -0.1) is 17.9 Å². The van der Waals surface area contributed by atoms with Crippen molar-refractivity contribution in [1.29, 1.82) is 0 Å². The highest BCUT2D eigenvalue weighted by Crippen LogP contribution is 2.25. The summed E-state index contributed by atoms with van der Waals surface area (Å²) >= 11 is 3.43. The molecule has 0 aliphatic rings. The van der Waals surface area contributed by atoms with Gasteiger partial charge in [-0.05, 0) is 6.07 Å². The van der Waals surface area contributed by atoms with Gasteiger partial charge in [0.15, 0.2) is 5.82 Å². The number of terminal acetylenes is 2. The van der Waals surface area contributed by atoms with Gasteiger partial charge in [-0.2, -0.15) is 0 Å². The predicted molar refractivity (Wildman–Crippen MR) is 77.3 cm³/mol. The van der Waals surface area contributed by atoms with Crippen molar-refractivity contribution >= 4 is 15.9 Å². The smallest absolute Gasteiger partial charge is 0.263 e. The first-order valence-electron chi connectivity index (χ1n) is 5.48. The van der Waals surface area contributed by atoms with E-state index in [1.807, 2.05) is 24.3 Å². The van der Waals surface area contributed by atoms with Gasteiger partial charge < -0.3 is 0 Å². The molecule has 94 valence electrons. The summed E-state index contributed by atoms with van der Waals surface area (Å²) in [7, 11) is 0. The van der Waals surface area contributed by atoms with Gasteiger partial charge in [0.05, 0.1) is 6.54 Å². The highest BCUT2D eigenvalue weighted by Gasteiger charge is 2.15. The third-order valence-electron chi connectivity index (χ3n) is 2.53. The van der Waals surface area contributed by atoms with Crippen molar-refractivity contribution < 1.29 is 0 Å². The minimum absolute atomic E-state index is 0.119. The maximum Gasteiger partial charge on any atom is 0.347 e. The van der Waals surface area contributed by atoms with Crippen LogP contribution in [-0.2, 0) is 13.1 Å². The van der Waals surface area contributed by atoms with Gasteiger partial charge in [0.25, 0.3) is 0 Å². The molecule has 1 heterocycles. The average molecular weight is 316 g/mol. The number of halogens is 1. The fraction of sp³-hybridized carbons (Fsp3) is 0.143. The lowest BCUT2D eigenvalue weighted by Crippen LogP contribution is -2.24. The van der Waals surface area contributed by atoms with Gasteiger partial charge in [-0.3, -0.25) is 4.57 Å². The van der Waals surface area contributed by atoms with Crippen LogP contribution >= 0.6 is 15.9 Å². The molecule has 2 aromatic rings. The second-order valence-corrected chi connectivity index (χ2v) is 4.59. The quantitative estimate of drug-likeness (QED) is 0.809. The maximum atomic E-state index is 12.1. The monoisotopic (exact) mass is 315 g/mol. The Hall–Kier alpha value is -2.24. The van der Waals surface area contributed by atoms with Crippen LogP contribution in [0.5, 0.6) is 0 Å². The van der Waals surface area contributed by atoms with E-state index in [-0.39, 0.29) is 18.8 Å². The minimum atomic E-state index is -0.304. The fourth-order valence-electron chi connectivity index (χ4n) is 1.71. The predicted octanol–water partition coefficient (Wildman–Crippen LogP) is 1.74. The molecule has 0 atom stereocenters. The summed E-state index contributed by atoms with van der Waals surface area (Å²) in [6.07, 6.45) is 10.5. The zero-order chi connectivity index (χ0) is 13.8. The van der Waals surface area contributed by atoms with Crippen LogP contribution in [0.4, 0.5) is 0 Å². The molecule has 0 aliphatic heterocycles. The first-order valence-corrected chi connectivity index (χ1v) is 6.27. The Morgan fingerprint density at radius 1 is 1.21 bits per heavy atom. The summed E-state index contributed by atoms with van der Waals surface area (Å²) in [6, 6.07) is 7.49. The van der Waals surface area contributed by atoms with Gasteiger partial charge in [-0.1, -0.05) is 46.0 Å². The highest BCUT2D eigenvalue weighted by atomic mass is 79.9. The molecule has 1 aromatic heterocycles. The molecule has 0 aliphatic carbocycles. The number of hydrogen-bond donors (Lipinski definition) is 0. The zero-order valence-electron chi connectivity index (χ0n) is 10.0. The largest absolute Gasteiger partial charge is 0.347 e.